The highest BCUT2D eigenvalue weighted by molar-refractivity contribution is 7.16. The van der Waals surface area contributed by atoms with E-state index in [9.17, 15) is 0 Å². The van der Waals surface area contributed by atoms with Gasteiger partial charge in [0.25, 0.3) is 0 Å². The zero-order valence-corrected chi connectivity index (χ0v) is 22.9. The maximum absolute atomic E-state index is 6.17. The van der Waals surface area contributed by atoms with Crippen LogP contribution in [0, 0.1) is 0 Å². The van der Waals surface area contributed by atoms with Gasteiger partial charge in [0.1, 0.15) is 11.2 Å². The third kappa shape index (κ3) is 5.79. The Labute approximate surface area is 226 Å². The molecule has 4 N–H and O–H groups in total. The summed E-state index contributed by atoms with van der Waals surface area (Å²) in [6.45, 7) is 18.4. The van der Waals surface area contributed by atoms with Gasteiger partial charge < -0.3 is 16.0 Å². The molecule has 0 radical (unpaired) electrons. The Hall–Kier alpha value is -3.81. The number of rotatable bonds is 10. The number of allylic oxidation sites excluding steroid dienone is 6. The Morgan fingerprint density at radius 2 is 2.05 bits per heavy atom. The SMILES string of the molecule is C=C/C(=C\C(=C/C)c1ccc2[nH]nc(C(=C)NC3=C(C)C(c4ccc(Cl)s4)NC=C3)c2n1)NC(=C)CC. The summed E-state index contributed by atoms with van der Waals surface area (Å²) in [5, 5.41) is 17.7. The van der Waals surface area contributed by atoms with Crippen LogP contribution in [0.15, 0.2) is 97.2 Å². The summed E-state index contributed by atoms with van der Waals surface area (Å²) in [7, 11) is 0. The fraction of sp³-hybridized carbons (Fsp3) is 0.172. The highest BCUT2D eigenvalue weighted by Gasteiger charge is 2.21. The molecule has 0 saturated carbocycles. The van der Waals surface area contributed by atoms with E-state index in [4.69, 9.17) is 16.6 Å². The molecule has 0 bridgehead atoms. The maximum Gasteiger partial charge on any atom is 0.134 e. The average Bonchev–Trinajstić information content (AvgIpc) is 3.53. The number of nitrogens with zero attached hydrogens (tertiary/aromatic N) is 2. The average molecular weight is 531 g/mol. The molecule has 37 heavy (non-hydrogen) atoms. The molecule has 190 valence electrons. The van der Waals surface area contributed by atoms with Crippen molar-refractivity contribution in [3.05, 3.63) is 118 Å². The molecular formula is C29H31ClN6S. The van der Waals surface area contributed by atoms with Crippen molar-refractivity contribution in [3.8, 4) is 0 Å². The van der Waals surface area contributed by atoms with Crippen molar-refractivity contribution in [1.29, 1.82) is 0 Å². The summed E-state index contributed by atoms with van der Waals surface area (Å²) in [6.07, 6.45) is 10.6. The van der Waals surface area contributed by atoms with Crippen LogP contribution in [-0.4, -0.2) is 15.2 Å². The van der Waals surface area contributed by atoms with E-state index in [-0.39, 0.29) is 6.04 Å². The van der Waals surface area contributed by atoms with E-state index in [1.165, 1.54) is 0 Å². The number of halogens is 1. The van der Waals surface area contributed by atoms with Gasteiger partial charge in [-0.05, 0) is 80.1 Å². The summed E-state index contributed by atoms with van der Waals surface area (Å²) in [5.74, 6) is 0. The molecule has 1 aliphatic rings. The summed E-state index contributed by atoms with van der Waals surface area (Å²) in [4.78, 5) is 6.09. The van der Waals surface area contributed by atoms with E-state index >= 15 is 0 Å². The van der Waals surface area contributed by atoms with Crippen LogP contribution >= 0.6 is 22.9 Å². The zero-order chi connectivity index (χ0) is 26.5. The largest absolute Gasteiger partial charge is 0.379 e. The summed E-state index contributed by atoms with van der Waals surface area (Å²) >= 11 is 7.74. The first-order valence-corrected chi connectivity index (χ1v) is 13.2. The van der Waals surface area contributed by atoms with Gasteiger partial charge in [-0.25, -0.2) is 4.98 Å². The zero-order valence-electron chi connectivity index (χ0n) is 21.3. The molecule has 4 heterocycles. The second-order valence-corrected chi connectivity index (χ2v) is 10.3. The third-order valence-corrected chi connectivity index (χ3v) is 7.41. The van der Waals surface area contributed by atoms with Crippen molar-refractivity contribution < 1.29 is 0 Å². The third-order valence-electron chi connectivity index (χ3n) is 6.11. The molecular weight excluding hydrogens is 500 g/mol. The topological polar surface area (TPSA) is 77.7 Å². The highest BCUT2D eigenvalue weighted by Crippen LogP contribution is 2.34. The van der Waals surface area contributed by atoms with Crippen LogP contribution in [0.4, 0.5) is 0 Å². The first kappa shape index (κ1) is 26.3. The maximum atomic E-state index is 6.17. The summed E-state index contributed by atoms with van der Waals surface area (Å²) in [6, 6.07) is 7.96. The number of H-pyrrole nitrogens is 1. The number of hydrogen-bond acceptors (Lipinski definition) is 6. The molecule has 4 rings (SSSR count). The van der Waals surface area contributed by atoms with Gasteiger partial charge in [-0.1, -0.05) is 44.3 Å². The molecule has 0 amide bonds. The fourth-order valence-corrected chi connectivity index (χ4v) is 5.15. The van der Waals surface area contributed by atoms with Crippen LogP contribution in [0.3, 0.4) is 0 Å². The molecule has 0 aliphatic carbocycles. The van der Waals surface area contributed by atoms with Crippen LogP contribution in [-0.2, 0) is 0 Å². The Kier molecular flexibility index (Phi) is 8.16. The van der Waals surface area contributed by atoms with Crippen molar-refractivity contribution in [3.63, 3.8) is 0 Å². The standard InChI is InChI=1S/C29H31ClN6S/c1-7-17(4)32-21(9-3)16-20(8-2)23-10-11-24-29(34-23)28(36-35-24)19(6)33-22-14-15-31-27(18(22)5)25-12-13-26(30)37-25/h8-16,27,31-33H,3-4,6-7H2,1-2,5H3,(H,35,36)/b20-8+,21-16+. The van der Waals surface area contributed by atoms with Crippen molar-refractivity contribution >= 4 is 45.2 Å². The molecule has 8 heteroatoms. The van der Waals surface area contributed by atoms with E-state index in [1.54, 1.807) is 17.4 Å². The molecule has 1 unspecified atom stereocenters. The quantitative estimate of drug-likeness (QED) is 0.206. The van der Waals surface area contributed by atoms with Gasteiger partial charge in [-0.15, -0.1) is 11.3 Å². The number of dihydropyridines is 1. The van der Waals surface area contributed by atoms with Gasteiger partial charge in [0.05, 0.1) is 27.3 Å². The number of aromatic nitrogens is 3. The number of aromatic amines is 1. The lowest BCUT2D eigenvalue weighted by molar-refractivity contribution is 0.697. The lowest BCUT2D eigenvalue weighted by atomic mass is 10.0. The van der Waals surface area contributed by atoms with Gasteiger partial charge in [0, 0.05) is 22.0 Å². The molecule has 3 aromatic heterocycles. The molecule has 3 aromatic rings. The number of nitrogens with one attached hydrogen (secondary N) is 4. The van der Waals surface area contributed by atoms with Gasteiger partial charge >= 0.3 is 0 Å². The second kappa shape index (κ2) is 11.5. The minimum Gasteiger partial charge on any atom is -0.379 e. The van der Waals surface area contributed by atoms with Crippen molar-refractivity contribution in [1.82, 2.24) is 31.1 Å². The first-order valence-electron chi connectivity index (χ1n) is 12.0. The van der Waals surface area contributed by atoms with Crippen LogP contribution < -0.4 is 16.0 Å². The smallest absolute Gasteiger partial charge is 0.134 e. The first-order chi connectivity index (χ1) is 17.8. The summed E-state index contributed by atoms with van der Waals surface area (Å²) < 4.78 is 0.768. The van der Waals surface area contributed by atoms with E-state index in [0.29, 0.717) is 11.4 Å². The number of thiophene rings is 1. The van der Waals surface area contributed by atoms with Gasteiger partial charge in [-0.2, -0.15) is 5.10 Å². The molecule has 0 saturated heterocycles. The van der Waals surface area contributed by atoms with Gasteiger partial charge in [0.15, 0.2) is 0 Å². The van der Waals surface area contributed by atoms with E-state index in [0.717, 1.165) is 60.6 Å². The lowest BCUT2D eigenvalue weighted by Crippen LogP contribution is -2.24. The Balaban J connectivity index is 1.62. The number of hydrogen-bond donors (Lipinski definition) is 4. The molecule has 6 nitrogen and oxygen atoms in total. The van der Waals surface area contributed by atoms with Crippen LogP contribution in [0.2, 0.25) is 4.34 Å². The van der Waals surface area contributed by atoms with E-state index < -0.39 is 0 Å². The van der Waals surface area contributed by atoms with Crippen molar-refractivity contribution in [2.75, 3.05) is 0 Å². The fourth-order valence-electron chi connectivity index (χ4n) is 3.96. The van der Waals surface area contributed by atoms with Crippen molar-refractivity contribution in [2.24, 2.45) is 0 Å². The predicted octanol–water partition coefficient (Wildman–Crippen LogP) is 7.35. The highest BCUT2D eigenvalue weighted by atomic mass is 35.5. The Morgan fingerprint density at radius 1 is 1.24 bits per heavy atom. The number of pyridine rings is 1. The van der Waals surface area contributed by atoms with E-state index in [2.05, 4.69) is 59.7 Å². The normalized spacial score (nSPS) is 16.1. The van der Waals surface area contributed by atoms with Crippen molar-refractivity contribution in [2.45, 2.75) is 33.2 Å². The molecule has 1 aliphatic heterocycles. The predicted molar refractivity (Wildman–Crippen MR) is 158 cm³/mol. The van der Waals surface area contributed by atoms with Crippen LogP contribution in [0.25, 0.3) is 22.3 Å². The molecule has 0 fully saturated rings. The lowest BCUT2D eigenvalue weighted by Gasteiger charge is -2.24. The molecule has 0 spiro atoms. The second-order valence-electron chi connectivity index (χ2n) is 8.57. The minimum atomic E-state index is 0.0407. The minimum absolute atomic E-state index is 0.0407. The van der Waals surface area contributed by atoms with E-state index in [1.807, 2.05) is 55.6 Å². The van der Waals surface area contributed by atoms with Gasteiger partial charge in [0.2, 0.25) is 0 Å². The number of fused-ring (bicyclic) bond motifs is 1. The Bertz CT molecular complexity index is 1480. The van der Waals surface area contributed by atoms with Crippen LogP contribution in [0.1, 0.15) is 49.5 Å². The monoisotopic (exact) mass is 530 g/mol. The molecule has 0 aromatic carbocycles. The van der Waals surface area contributed by atoms with Crippen LogP contribution in [0.5, 0.6) is 0 Å². The molecule has 1 atom stereocenters. The van der Waals surface area contributed by atoms with Gasteiger partial charge in [-0.3, -0.25) is 5.10 Å². The Morgan fingerprint density at radius 3 is 2.73 bits per heavy atom. The summed E-state index contributed by atoms with van der Waals surface area (Å²) in [5.41, 5.74) is 8.55.